The van der Waals surface area contributed by atoms with Gasteiger partial charge in [-0.25, -0.2) is 9.78 Å². The molecular weight excluding hydrogens is 405 g/mol. The van der Waals surface area contributed by atoms with Crippen molar-refractivity contribution >= 4 is 30.9 Å². The van der Waals surface area contributed by atoms with E-state index in [1.807, 2.05) is 19.9 Å². The highest BCUT2D eigenvalue weighted by molar-refractivity contribution is 7.62. The number of hydrogen-bond acceptors (Lipinski definition) is 6. The maximum atomic E-state index is 12.1. The second-order valence-electron chi connectivity index (χ2n) is 7.86. The van der Waals surface area contributed by atoms with E-state index in [0.29, 0.717) is 17.3 Å². The molecule has 1 fully saturated rings. The van der Waals surface area contributed by atoms with Crippen molar-refractivity contribution in [2.45, 2.75) is 51.2 Å². The minimum Gasteiger partial charge on any atom is -0.446 e. The maximum Gasteiger partial charge on any atom is 0.407 e. The van der Waals surface area contributed by atoms with Gasteiger partial charge in [0, 0.05) is 30.4 Å². The van der Waals surface area contributed by atoms with E-state index in [0.717, 1.165) is 25.0 Å². The molecule has 1 unspecified atom stereocenters. The zero-order valence-corrected chi connectivity index (χ0v) is 18.6. The van der Waals surface area contributed by atoms with E-state index in [1.54, 1.807) is 32.0 Å². The van der Waals surface area contributed by atoms with Crippen LogP contribution < -0.4 is 20.8 Å². The second-order valence-corrected chi connectivity index (χ2v) is 10.4. The van der Waals surface area contributed by atoms with Crippen LogP contribution in [0.4, 0.5) is 22.1 Å². The second kappa shape index (κ2) is 9.49. The number of anilines is 3. The highest BCUT2D eigenvalue weighted by Crippen LogP contribution is 2.37. The fourth-order valence-corrected chi connectivity index (χ4v) is 4.06. The number of hydrogen-bond donors (Lipinski definition) is 5. The van der Waals surface area contributed by atoms with Crippen molar-refractivity contribution in [3.8, 4) is 0 Å². The van der Waals surface area contributed by atoms with Gasteiger partial charge in [-0.1, -0.05) is 0 Å². The first-order valence-electron chi connectivity index (χ1n) is 10.0. The van der Waals surface area contributed by atoms with Crippen LogP contribution in [0, 0.1) is 0 Å². The van der Waals surface area contributed by atoms with Crippen LogP contribution in [-0.4, -0.2) is 47.1 Å². The van der Waals surface area contributed by atoms with Crippen molar-refractivity contribution in [1.29, 1.82) is 0 Å². The molecular formula is C19H30N7O3P. The molecule has 2 aromatic heterocycles. The largest absolute Gasteiger partial charge is 0.446 e. The van der Waals surface area contributed by atoms with Crippen LogP contribution in [0.5, 0.6) is 0 Å². The van der Waals surface area contributed by atoms with Crippen molar-refractivity contribution in [3.05, 3.63) is 30.1 Å². The molecule has 5 N–H and O–H groups in total. The Morgan fingerprint density at radius 2 is 2.10 bits per heavy atom. The van der Waals surface area contributed by atoms with E-state index >= 15 is 0 Å². The molecule has 1 aliphatic carbocycles. The average Bonchev–Trinajstić information content (AvgIpc) is 3.32. The van der Waals surface area contributed by atoms with Gasteiger partial charge in [0.25, 0.3) is 0 Å². The normalized spacial score (nSPS) is 20.6. The number of carbonyl (C=O) groups is 1. The molecule has 1 saturated carbocycles. The van der Waals surface area contributed by atoms with Crippen LogP contribution in [0.25, 0.3) is 0 Å². The number of nitrogens with one attached hydrogen (secondary N) is 5. The van der Waals surface area contributed by atoms with Gasteiger partial charge in [0.05, 0.1) is 11.9 Å². The Hall–Kier alpha value is -2.58. The molecule has 2 heterocycles. The SMILES string of the molecule is CNP(C)(=O)Nc1ccc(Nc2cc([C@@H]3CC[C@H](OC(=O)NC(C)C)C3)[nH]n2)nc1. The lowest BCUT2D eigenvalue weighted by Gasteiger charge is -2.14. The monoisotopic (exact) mass is 435 g/mol. The average molecular weight is 435 g/mol. The van der Waals surface area contributed by atoms with E-state index in [4.69, 9.17) is 4.74 Å². The molecule has 1 amide bonds. The number of aromatic nitrogens is 3. The van der Waals surface area contributed by atoms with E-state index in [-0.39, 0.29) is 24.2 Å². The molecule has 0 aromatic carbocycles. The van der Waals surface area contributed by atoms with E-state index in [2.05, 4.69) is 36.0 Å². The van der Waals surface area contributed by atoms with Crippen LogP contribution in [-0.2, 0) is 9.30 Å². The standard InChI is InChI=1S/C19H30N7O3P/c1-12(2)22-19(27)29-15-7-5-13(9-15)16-10-18(25-24-16)23-17-8-6-14(11-21-17)26-30(4,28)20-3/h6,8,10-13,15H,5,7,9H2,1-4H3,(H,22,27)(H2,20,26,28)(H2,21,23,24,25)/t13-,15+,30?/m1/s1. The first-order valence-corrected chi connectivity index (χ1v) is 12.2. The molecule has 0 spiro atoms. The van der Waals surface area contributed by atoms with Crippen LogP contribution in [0.1, 0.15) is 44.7 Å². The number of carbonyl (C=O) groups excluding carboxylic acids is 1. The molecule has 10 nitrogen and oxygen atoms in total. The first kappa shape index (κ1) is 22.1. The molecule has 30 heavy (non-hydrogen) atoms. The first-order chi connectivity index (χ1) is 14.2. The summed E-state index contributed by atoms with van der Waals surface area (Å²) in [6.45, 7) is 5.42. The van der Waals surface area contributed by atoms with Crippen molar-refractivity contribution in [2.75, 3.05) is 24.1 Å². The summed E-state index contributed by atoms with van der Waals surface area (Å²) in [5, 5.41) is 19.0. The zero-order chi connectivity index (χ0) is 21.7. The molecule has 3 rings (SSSR count). The number of nitrogens with zero attached hydrogens (tertiary/aromatic N) is 2. The minimum atomic E-state index is -2.62. The molecule has 0 radical (unpaired) electrons. The van der Waals surface area contributed by atoms with Gasteiger partial charge in [-0.2, -0.15) is 5.10 Å². The molecule has 3 atom stereocenters. The predicted octanol–water partition coefficient (Wildman–Crippen LogP) is 3.77. The molecule has 164 valence electrons. The Kier molecular flexibility index (Phi) is 6.99. The number of aromatic amines is 1. The fraction of sp³-hybridized carbons (Fsp3) is 0.526. The summed E-state index contributed by atoms with van der Waals surface area (Å²) >= 11 is 0. The van der Waals surface area contributed by atoms with Gasteiger partial charge >= 0.3 is 6.09 Å². The van der Waals surface area contributed by atoms with Gasteiger partial charge in [-0.05, 0) is 52.3 Å². The van der Waals surface area contributed by atoms with Crippen molar-refractivity contribution in [1.82, 2.24) is 25.6 Å². The number of amides is 1. The van der Waals surface area contributed by atoms with Crippen LogP contribution in [0.2, 0.25) is 0 Å². The lowest BCUT2D eigenvalue weighted by molar-refractivity contribution is 0.0981. The Morgan fingerprint density at radius 3 is 2.77 bits per heavy atom. The maximum absolute atomic E-state index is 12.1. The van der Waals surface area contributed by atoms with Gasteiger partial charge in [-0.15, -0.1) is 0 Å². The predicted molar refractivity (Wildman–Crippen MR) is 117 cm³/mol. The summed E-state index contributed by atoms with van der Waals surface area (Å²) in [6.07, 6.45) is 3.71. The van der Waals surface area contributed by atoms with Crippen LogP contribution >= 0.6 is 7.44 Å². The number of rotatable bonds is 8. The molecule has 0 bridgehead atoms. The summed E-state index contributed by atoms with van der Waals surface area (Å²) in [6, 6.07) is 5.61. The zero-order valence-electron chi connectivity index (χ0n) is 17.7. The Balaban J connectivity index is 1.53. The fourth-order valence-electron chi connectivity index (χ4n) is 3.33. The Morgan fingerprint density at radius 1 is 1.30 bits per heavy atom. The smallest absolute Gasteiger partial charge is 0.407 e. The summed E-state index contributed by atoms with van der Waals surface area (Å²) in [7, 11) is -0.976. The molecule has 2 aromatic rings. The van der Waals surface area contributed by atoms with Crippen molar-refractivity contribution < 1.29 is 14.1 Å². The molecule has 11 heteroatoms. The summed E-state index contributed by atoms with van der Waals surface area (Å²) in [5.74, 6) is 1.56. The van der Waals surface area contributed by atoms with Gasteiger partial charge in [0.2, 0.25) is 7.44 Å². The summed E-state index contributed by atoms with van der Waals surface area (Å²) in [4.78, 5) is 16.1. The van der Waals surface area contributed by atoms with Crippen LogP contribution in [0.3, 0.4) is 0 Å². The lowest BCUT2D eigenvalue weighted by atomic mass is 10.0. The number of ether oxygens (including phenoxy) is 1. The van der Waals surface area contributed by atoms with Gasteiger partial charge in [0.15, 0.2) is 5.82 Å². The van der Waals surface area contributed by atoms with Crippen molar-refractivity contribution in [3.63, 3.8) is 0 Å². The summed E-state index contributed by atoms with van der Waals surface area (Å²) < 4.78 is 17.6. The Labute approximate surface area is 176 Å². The number of H-pyrrole nitrogens is 1. The van der Waals surface area contributed by atoms with E-state index in [1.165, 1.54) is 0 Å². The van der Waals surface area contributed by atoms with Gasteiger partial charge in [-0.3, -0.25) is 14.8 Å². The third-order valence-corrected chi connectivity index (χ3v) is 6.43. The molecule has 0 saturated heterocycles. The van der Waals surface area contributed by atoms with Gasteiger partial charge in [0.1, 0.15) is 11.9 Å². The van der Waals surface area contributed by atoms with E-state index < -0.39 is 7.44 Å². The van der Waals surface area contributed by atoms with Gasteiger partial charge < -0.3 is 20.5 Å². The lowest BCUT2D eigenvalue weighted by Crippen LogP contribution is -2.33. The third kappa shape index (κ3) is 6.21. The number of alkyl carbamates (subject to hydrolysis) is 1. The summed E-state index contributed by atoms with van der Waals surface area (Å²) in [5.41, 5.74) is 1.68. The van der Waals surface area contributed by atoms with Crippen molar-refractivity contribution in [2.24, 2.45) is 0 Å². The minimum absolute atomic E-state index is 0.0594. The number of pyridine rings is 1. The molecule has 0 aliphatic heterocycles. The highest BCUT2D eigenvalue weighted by Gasteiger charge is 2.30. The van der Waals surface area contributed by atoms with E-state index in [9.17, 15) is 9.36 Å². The van der Waals surface area contributed by atoms with Crippen LogP contribution in [0.15, 0.2) is 24.4 Å². The Bertz CT molecular complexity index is 900. The molecule has 1 aliphatic rings. The third-order valence-electron chi connectivity index (χ3n) is 4.89. The highest BCUT2D eigenvalue weighted by atomic mass is 31.2. The quantitative estimate of drug-likeness (QED) is 0.396. The topological polar surface area (TPSA) is 133 Å².